The van der Waals surface area contributed by atoms with Gasteiger partial charge >= 0.3 is 0 Å². The van der Waals surface area contributed by atoms with E-state index in [4.69, 9.17) is 8.53 Å². The maximum Gasteiger partial charge on any atom is 0.252 e. The molecule has 16 rings (SSSR count). The van der Waals surface area contributed by atoms with Crippen LogP contribution in [0, 0.1) is 0 Å². The average molecular weight is 1050 g/mol. The molecule has 0 amide bonds. The molecule has 0 atom stereocenters. The zero-order chi connectivity index (χ0) is 58.4. The van der Waals surface area contributed by atoms with E-state index in [1.165, 1.54) is 0 Å². The summed E-state index contributed by atoms with van der Waals surface area (Å²) < 4.78 is 52.8. The lowest BCUT2D eigenvalue weighted by Gasteiger charge is -2.45. The summed E-state index contributed by atoms with van der Waals surface area (Å²) in [6.07, 6.45) is 0. The van der Waals surface area contributed by atoms with Crippen molar-refractivity contribution in [2.24, 2.45) is 0 Å². The molecule has 82 heavy (non-hydrogen) atoms. The van der Waals surface area contributed by atoms with Crippen LogP contribution >= 0.6 is 0 Å². The van der Waals surface area contributed by atoms with Crippen molar-refractivity contribution >= 4 is 79.2 Å². The Bertz CT molecular complexity index is 4970. The van der Waals surface area contributed by atoms with E-state index in [2.05, 4.69) is 277 Å². The number of para-hydroxylation sites is 2. The summed E-state index contributed by atoms with van der Waals surface area (Å²) in [4.78, 5) is 4.90. The normalized spacial score (nSPS) is 13.2. The Morgan fingerprint density at radius 2 is 0.768 bits per heavy atom. The van der Waals surface area contributed by atoms with Gasteiger partial charge in [0.1, 0.15) is 5.58 Å². The van der Waals surface area contributed by atoms with Crippen molar-refractivity contribution in [2.45, 2.75) is 0 Å². The highest BCUT2D eigenvalue weighted by atomic mass is 16.3. The summed E-state index contributed by atoms with van der Waals surface area (Å²) in [6.45, 7) is -0.499. The maximum atomic E-state index is 9.42. The standard InChI is InChI=1S/C78H51BN2O/c1-7-24-52(25-8-1)58-43-47-71-69(48-58)79-68-46-45-67-66-44-42-59(53-26-9-2-10-27-53)51-74(66)82-78(67)77(68)80(70-41-22-21-38-63(70)55-30-13-4-14-31-55)72-49-60(62-37-20-19-36-61(62)54-28-11-3-12-29-54)50-73(75(72)79)81(71)76-64(56-32-15-5-16-33-56)39-23-40-65(76)57-34-17-6-18-35-57/h1-51H/i1D,7D,8D,24D,25D. The predicted molar refractivity (Wildman–Crippen MR) is 346 cm³/mol. The monoisotopic (exact) mass is 1050 g/mol. The van der Waals surface area contributed by atoms with E-state index >= 15 is 0 Å². The Kier molecular flexibility index (Phi) is 10.1. The molecule has 0 radical (unpaired) electrons. The molecule has 0 N–H and O–H groups in total. The van der Waals surface area contributed by atoms with Crippen molar-refractivity contribution in [1.29, 1.82) is 0 Å². The second-order valence-corrected chi connectivity index (χ2v) is 21.1. The first-order valence-corrected chi connectivity index (χ1v) is 27.9. The van der Waals surface area contributed by atoms with Crippen molar-refractivity contribution in [3.63, 3.8) is 0 Å². The third-order valence-corrected chi connectivity index (χ3v) is 16.5. The van der Waals surface area contributed by atoms with Crippen LogP contribution in [0.3, 0.4) is 0 Å². The number of hydrogen-bond donors (Lipinski definition) is 0. The van der Waals surface area contributed by atoms with Crippen LogP contribution in [-0.4, -0.2) is 6.71 Å². The first kappa shape index (κ1) is 42.3. The van der Waals surface area contributed by atoms with E-state index in [0.29, 0.717) is 5.56 Å². The van der Waals surface area contributed by atoms with Crippen LogP contribution in [0.1, 0.15) is 6.85 Å². The van der Waals surface area contributed by atoms with Crippen LogP contribution in [0.25, 0.3) is 99.8 Å². The van der Waals surface area contributed by atoms with Crippen molar-refractivity contribution in [3.8, 4) is 77.9 Å². The van der Waals surface area contributed by atoms with Gasteiger partial charge in [0.2, 0.25) is 0 Å². The summed E-state index contributed by atoms with van der Waals surface area (Å²) in [5, 5.41) is 1.96. The Hall–Kier alpha value is -10.7. The highest BCUT2D eigenvalue weighted by molar-refractivity contribution is 7.00. The second kappa shape index (κ2) is 19.6. The van der Waals surface area contributed by atoms with Gasteiger partial charge in [0.25, 0.3) is 6.71 Å². The van der Waals surface area contributed by atoms with Crippen molar-refractivity contribution in [1.82, 2.24) is 0 Å². The molecule has 0 spiro atoms. The van der Waals surface area contributed by atoms with Crippen LogP contribution in [-0.2, 0) is 0 Å². The van der Waals surface area contributed by atoms with E-state index in [-0.39, 0.29) is 29.7 Å². The molecular formula is C78H51BN2O. The van der Waals surface area contributed by atoms with E-state index in [9.17, 15) is 2.74 Å². The highest BCUT2D eigenvalue weighted by Gasteiger charge is 2.46. The van der Waals surface area contributed by atoms with Crippen molar-refractivity contribution < 1.29 is 11.3 Å². The fourth-order valence-electron chi connectivity index (χ4n) is 12.9. The summed E-state index contributed by atoms with van der Waals surface area (Å²) in [6, 6.07) is 96.8. The van der Waals surface area contributed by atoms with Crippen LogP contribution in [0.4, 0.5) is 34.1 Å². The number of anilines is 6. The lowest BCUT2D eigenvalue weighted by atomic mass is 9.33. The number of nitrogens with zero attached hydrogens (tertiary/aromatic N) is 2. The van der Waals surface area contributed by atoms with Gasteiger partial charge in [0.05, 0.1) is 23.9 Å². The first-order chi connectivity index (χ1) is 42.8. The molecule has 1 aromatic heterocycles. The molecule has 0 bridgehead atoms. The number of benzene rings is 13. The van der Waals surface area contributed by atoms with Crippen LogP contribution in [0.2, 0.25) is 0 Å². The number of furan rings is 1. The van der Waals surface area contributed by atoms with Gasteiger partial charge in [-0.3, -0.25) is 0 Å². The highest BCUT2D eigenvalue weighted by Crippen LogP contribution is 2.54. The number of fused-ring (bicyclic) bond motifs is 8. The largest absolute Gasteiger partial charge is 0.454 e. The molecule has 382 valence electrons. The van der Waals surface area contributed by atoms with Crippen LogP contribution < -0.4 is 26.2 Å². The molecule has 3 nitrogen and oxygen atoms in total. The van der Waals surface area contributed by atoms with Gasteiger partial charge in [0.15, 0.2) is 5.58 Å². The number of hydrogen-bond acceptors (Lipinski definition) is 3. The van der Waals surface area contributed by atoms with Crippen molar-refractivity contribution in [2.75, 3.05) is 9.80 Å². The molecule has 0 aliphatic carbocycles. The topological polar surface area (TPSA) is 19.6 Å². The minimum absolute atomic E-state index is 0.139. The molecule has 0 saturated carbocycles. The van der Waals surface area contributed by atoms with Gasteiger partial charge in [-0.15, -0.1) is 0 Å². The van der Waals surface area contributed by atoms with E-state index in [1.54, 1.807) is 0 Å². The summed E-state index contributed by atoms with van der Waals surface area (Å²) >= 11 is 0. The molecule has 0 saturated heterocycles. The Labute approximate surface area is 485 Å². The van der Waals surface area contributed by atoms with Crippen LogP contribution in [0.15, 0.2) is 314 Å². The second-order valence-electron chi connectivity index (χ2n) is 21.1. The Balaban J connectivity index is 1.09. The minimum atomic E-state index is -0.499. The van der Waals surface area contributed by atoms with E-state index in [1.807, 2.05) is 12.1 Å². The van der Waals surface area contributed by atoms with Crippen LogP contribution in [0.5, 0.6) is 0 Å². The van der Waals surface area contributed by atoms with Gasteiger partial charge in [0, 0.05) is 44.5 Å². The minimum Gasteiger partial charge on any atom is -0.454 e. The quantitative estimate of drug-likeness (QED) is 0.134. The SMILES string of the molecule is [2H]c1c([2H])c([2H])c(-c2ccc3c(c2)B2c4ccc5c(oc6cc(-c7ccccc7)ccc65)c4N(c4ccccc4-c4ccccc4)c4cc(-c5ccccc5-c5ccccc5)cc(c42)N3c2c(-c3ccccc3)cccc2-c2ccccc2)c([2H])c1[2H]. The van der Waals surface area contributed by atoms with E-state index < -0.39 is 12.8 Å². The molecule has 2 aliphatic rings. The van der Waals surface area contributed by atoms with E-state index in [0.717, 1.165) is 139 Å². The summed E-state index contributed by atoms with van der Waals surface area (Å²) in [5.41, 5.74) is 23.2. The molecule has 2 aliphatic heterocycles. The van der Waals surface area contributed by atoms with Gasteiger partial charge in [-0.1, -0.05) is 273 Å². The summed E-state index contributed by atoms with van der Waals surface area (Å²) in [7, 11) is 0. The Morgan fingerprint density at radius 3 is 1.39 bits per heavy atom. The third-order valence-electron chi connectivity index (χ3n) is 16.5. The molecule has 3 heterocycles. The van der Waals surface area contributed by atoms with Gasteiger partial charge in [-0.05, 0) is 114 Å². The third kappa shape index (κ3) is 7.75. The smallest absolute Gasteiger partial charge is 0.252 e. The van der Waals surface area contributed by atoms with Gasteiger partial charge in [-0.2, -0.15) is 0 Å². The lowest BCUT2D eigenvalue weighted by Crippen LogP contribution is -2.61. The van der Waals surface area contributed by atoms with Gasteiger partial charge < -0.3 is 14.2 Å². The van der Waals surface area contributed by atoms with Gasteiger partial charge in [-0.25, -0.2) is 0 Å². The predicted octanol–water partition coefficient (Wildman–Crippen LogP) is 19.3. The molecule has 13 aromatic carbocycles. The maximum absolute atomic E-state index is 9.42. The molecule has 0 unspecified atom stereocenters. The Morgan fingerprint density at radius 1 is 0.293 bits per heavy atom. The zero-order valence-corrected chi connectivity index (χ0v) is 44.4. The fourth-order valence-corrected chi connectivity index (χ4v) is 12.9. The fraction of sp³-hybridized carbons (Fsp3) is 0. The molecular weight excluding hydrogens is 992 g/mol. The first-order valence-electron chi connectivity index (χ1n) is 30.4. The molecule has 0 fully saturated rings. The molecule has 14 aromatic rings. The summed E-state index contributed by atoms with van der Waals surface area (Å²) in [5.74, 6) is 0. The number of rotatable bonds is 9. The zero-order valence-electron chi connectivity index (χ0n) is 49.4. The average Bonchev–Trinajstić information content (AvgIpc) is 1.49. The molecule has 4 heteroatoms. The van der Waals surface area contributed by atoms with Crippen molar-refractivity contribution in [3.05, 3.63) is 309 Å². The lowest BCUT2D eigenvalue weighted by molar-refractivity contribution is 0.669.